The van der Waals surface area contributed by atoms with Gasteiger partial charge in [-0.15, -0.1) is 11.8 Å². The summed E-state index contributed by atoms with van der Waals surface area (Å²) >= 11 is 2.15. The highest BCUT2D eigenvalue weighted by Gasteiger charge is 2.33. The van der Waals surface area contributed by atoms with Gasteiger partial charge in [0.2, 0.25) is 0 Å². The number of hydrogen-bond acceptors (Lipinski definition) is 1. The van der Waals surface area contributed by atoms with Crippen molar-refractivity contribution in [3.63, 3.8) is 0 Å². The number of hydrogen-bond donors (Lipinski definition) is 0. The number of rotatable bonds is 1. The van der Waals surface area contributed by atoms with Crippen molar-refractivity contribution in [2.75, 3.05) is 0 Å². The first-order valence-corrected chi connectivity index (χ1v) is 7.20. The zero-order valence-corrected chi connectivity index (χ0v) is 12.6. The second kappa shape index (κ2) is 6.18. The van der Waals surface area contributed by atoms with Gasteiger partial charge in [-0.3, -0.25) is 0 Å². The van der Waals surface area contributed by atoms with Crippen LogP contribution < -0.4 is 0 Å². The van der Waals surface area contributed by atoms with Crippen molar-refractivity contribution in [1.82, 2.24) is 0 Å². The molecular weight excluding hydrogens is 200 g/mol. The highest BCUT2D eigenvalue weighted by Crippen LogP contribution is 2.46. The molecule has 1 saturated heterocycles. The molecule has 0 saturated carbocycles. The topological polar surface area (TPSA) is 0 Å². The smallest absolute Gasteiger partial charge is 0.0109 e. The Labute approximate surface area is 102 Å². The molecule has 0 amide bonds. The lowest BCUT2D eigenvalue weighted by atomic mass is 9.98. The Morgan fingerprint density at radius 1 is 1.00 bits per heavy atom. The Morgan fingerprint density at radius 2 is 1.33 bits per heavy atom. The predicted molar refractivity (Wildman–Crippen MR) is 74.7 cm³/mol. The van der Waals surface area contributed by atoms with Crippen molar-refractivity contribution in [2.24, 2.45) is 5.92 Å². The third-order valence-electron chi connectivity index (χ3n) is 2.93. The van der Waals surface area contributed by atoms with Crippen LogP contribution in [0.1, 0.15) is 74.1 Å². The van der Waals surface area contributed by atoms with E-state index in [1.807, 2.05) is 0 Å². The maximum Gasteiger partial charge on any atom is 0.0109 e. The number of thioether (sulfide) groups is 1. The minimum absolute atomic E-state index is 0.530. The van der Waals surface area contributed by atoms with Crippen molar-refractivity contribution in [2.45, 2.75) is 83.6 Å². The van der Waals surface area contributed by atoms with Crippen LogP contribution in [0.5, 0.6) is 0 Å². The summed E-state index contributed by atoms with van der Waals surface area (Å²) in [5, 5.41) is 0. The maximum atomic E-state index is 2.36. The second-order valence-electron chi connectivity index (χ2n) is 6.28. The Kier molecular flexibility index (Phi) is 6.32. The van der Waals surface area contributed by atoms with Crippen LogP contribution in [0.2, 0.25) is 0 Å². The van der Waals surface area contributed by atoms with Crippen LogP contribution in [0.3, 0.4) is 0 Å². The molecule has 0 N–H and O–H groups in total. The van der Waals surface area contributed by atoms with Gasteiger partial charge in [-0.05, 0) is 18.8 Å². The van der Waals surface area contributed by atoms with Gasteiger partial charge < -0.3 is 0 Å². The molecule has 0 aliphatic carbocycles. The molecule has 0 unspecified atom stereocenters. The molecule has 1 aliphatic rings. The van der Waals surface area contributed by atoms with Crippen LogP contribution in [0.15, 0.2) is 0 Å². The zero-order valence-electron chi connectivity index (χ0n) is 11.8. The summed E-state index contributed by atoms with van der Waals surface area (Å²) in [6.07, 6.45) is 5.50. The first-order chi connectivity index (χ1) is 6.68. The lowest BCUT2D eigenvalue weighted by Gasteiger charge is -2.39. The largest absolute Gasteiger partial charge is 0.149 e. The normalized spacial score (nSPS) is 23.2. The lowest BCUT2D eigenvalue weighted by molar-refractivity contribution is 0.486. The monoisotopic (exact) mass is 230 g/mol. The molecule has 1 heteroatoms. The molecule has 1 aliphatic heterocycles. The predicted octanol–water partition coefficient (Wildman–Crippen LogP) is 5.51. The average Bonchev–Trinajstić information content (AvgIpc) is 2.00. The minimum Gasteiger partial charge on any atom is -0.149 e. The van der Waals surface area contributed by atoms with Crippen LogP contribution in [-0.4, -0.2) is 9.49 Å². The molecule has 1 fully saturated rings. The molecule has 0 atom stereocenters. The van der Waals surface area contributed by atoms with Crippen LogP contribution in [0.4, 0.5) is 0 Å². The summed E-state index contributed by atoms with van der Waals surface area (Å²) in [6, 6.07) is 0. The van der Waals surface area contributed by atoms with E-state index in [-0.39, 0.29) is 0 Å². The minimum atomic E-state index is 0.530. The first-order valence-electron chi connectivity index (χ1n) is 6.39. The fraction of sp³-hybridized carbons (Fsp3) is 1.00. The summed E-state index contributed by atoms with van der Waals surface area (Å²) in [4.78, 5) is 0. The van der Waals surface area contributed by atoms with E-state index in [0.29, 0.717) is 9.49 Å². The van der Waals surface area contributed by atoms with Crippen LogP contribution in [0, 0.1) is 5.92 Å². The Bertz CT molecular complexity index is 154. The lowest BCUT2D eigenvalue weighted by Crippen LogP contribution is -2.31. The Balaban J connectivity index is 0.000000336. The quantitative estimate of drug-likeness (QED) is 0.572. The highest BCUT2D eigenvalue weighted by atomic mass is 32.2. The van der Waals surface area contributed by atoms with E-state index in [9.17, 15) is 0 Å². The molecule has 1 rings (SSSR count). The third kappa shape index (κ3) is 8.19. The summed E-state index contributed by atoms with van der Waals surface area (Å²) in [5.41, 5.74) is 0. The average molecular weight is 230 g/mol. The van der Waals surface area contributed by atoms with E-state index in [1.165, 1.54) is 25.7 Å². The van der Waals surface area contributed by atoms with Gasteiger partial charge in [-0.2, -0.15) is 0 Å². The van der Waals surface area contributed by atoms with Crippen molar-refractivity contribution >= 4 is 11.8 Å². The van der Waals surface area contributed by atoms with Crippen molar-refractivity contribution in [3.8, 4) is 0 Å². The molecule has 0 radical (unpaired) electrons. The molecule has 92 valence electrons. The fourth-order valence-corrected chi connectivity index (χ4v) is 3.78. The molecule has 0 aromatic heterocycles. The van der Waals surface area contributed by atoms with Gasteiger partial charge in [0.25, 0.3) is 0 Å². The molecule has 0 aromatic carbocycles. The van der Waals surface area contributed by atoms with Crippen LogP contribution >= 0.6 is 11.8 Å². The van der Waals surface area contributed by atoms with Gasteiger partial charge >= 0.3 is 0 Å². The van der Waals surface area contributed by atoms with Crippen LogP contribution in [-0.2, 0) is 0 Å². The van der Waals surface area contributed by atoms with E-state index in [4.69, 9.17) is 0 Å². The molecule has 0 bridgehead atoms. The van der Waals surface area contributed by atoms with E-state index in [2.05, 4.69) is 60.2 Å². The highest BCUT2D eigenvalue weighted by molar-refractivity contribution is 8.01. The van der Waals surface area contributed by atoms with Crippen molar-refractivity contribution in [1.29, 1.82) is 0 Å². The van der Waals surface area contributed by atoms with Gasteiger partial charge in [0, 0.05) is 9.49 Å². The zero-order chi connectivity index (χ0) is 12.1. The second-order valence-corrected chi connectivity index (χ2v) is 8.69. The molecule has 0 nitrogen and oxygen atoms in total. The summed E-state index contributed by atoms with van der Waals surface area (Å²) in [6.45, 7) is 16.1. The summed E-state index contributed by atoms with van der Waals surface area (Å²) in [5.74, 6) is 0.884. The van der Waals surface area contributed by atoms with Crippen molar-refractivity contribution < 1.29 is 0 Å². The molecular formula is C14H30S. The fourth-order valence-electron chi connectivity index (χ4n) is 1.79. The molecule has 15 heavy (non-hydrogen) atoms. The Morgan fingerprint density at radius 3 is 1.47 bits per heavy atom. The first kappa shape index (κ1) is 15.3. The van der Waals surface area contributed by atoms with Gasteiger partial charge in [0.05, 0.1) is 0 Å². The maximum absolute atomic E-state index is 2.36. The van der Waals surface area contributed by atoms with E-state index in [1.54, 1.807) is 0 Å². The Hall–Kier alpha value is 0.350. The summed E-state index contributed by atoms with van der Waals surface area (Å²) < 4.78 is 1.06. The van der Waals surface area contributed by atoms with Gasteiger partial charge in [-0.1, -0.05) is 61.3 Å². The van der Waals surface area contributed by atoms with Gasteiger partial charge in [-0.25, -0.2) is 0 Å². The molecule has 1 heterocycles. The molecule has 0 spiro atoms. The van der Waals surface area contributed by atoms with E-state index < -0.39 is 0 Å². The summed E-state index contributed by atoms with van der Waals surface area (Å²) in [7, 11) is 0. The SMILES string of the molecule is CC1(C)CCCC(C)(C)S1.CCC(C)C. The van der Waals surface area contributed by atoms with Gasteiger partial charge in [0.1, 0.15) is 0 Å². The van der Waals surface area contributed by atoms with Gasteiger partial charge in [0.15, 0.2) is 0 Å². The third-order valence-corrected chi connectivity index (χ3v) is 4.44. The standard InChI is InChI=1S/C9H18S.C5H12/c1-8(2)6-5-7-9(3,4)10-8;1-4-5(2)3/h5-7H2,1-4H3;5H,4H2,1-3H3. The van der Waals surface area contributed by atoms with Crippen molar-refractivity contribution in [3.05, 3.63) is 0 Å². The van der Waals surface area contributed by atoms with E-state index in [0.717, 1.165) is 5.92 Å². The van der Waals surface area contributed by atoms with E-state index >= 15 is 0 Å². The molecule has 0 aromatic rings. The van der Waals surface area contributed by atoms with Crippen LogP contribution in [0.25, 0.3) is 0 Å².